The Kier molecular flexibility index (Phi) is 6.25. The first kappa shape index (κ1) is 18.6. The Balaban J connectivity index is 2.10. The molecule has 0 aliphatic heterocycles. The quantitative estimate of drug-likeness (QED) is 0.846. The number of likely N-dealkylation sites (N-methyl/N-ethyl adjacent to an activating group) is 1. The van der Waals surface area contributed by atoms with Crippen molar-refractivity contribution in [2.24, 2.45) is 0 Å². The van der Waals surface area contributed by atoms with Crippen LogP contribution in [-0.4, -0.2) is 48.9 Å². The molecule has 0 unspecified atom stereocenters. The summed E-state index contributed by atoms with van der Waals surface area (Å²) in [7, 11) is 3.88. The molecule has 0 atom stereocenters. The van der Waals surface area contributed by atoms with Crippen LogP contribution in [0.2, 0.25) is 0 Å². The fraction of sp³-hybridized carbons (Fsp3) is 0.316. The SMILES string of the molecule is Cc1cccc(C)c1NC(=O)c1cc(C(=O)NCCN(C)C)ccn1. The molecule has 2 rings (SSSR count). The Labute approximate surface area is 148 Å². The smallest absolute Gasteiger partial charge is 0.274 e. The van der Waals surface area contributed by atoms with E-state index in [4.69, 9.17) is 0 Å². The van der Waals surface area contributed by atoms with Crippen LogP contribution in [-0.2, 0) is 0 Å². The topological polar surface area (TPSA) is 74.3 Å². The molecule has 2 aromatic rings. The lowest BCUT2D eigenvalue weighted by atomic mass is 10.1. The van der Waals surface area contributed by atoms with Crippen molar-refractivity contribution in [1.82, 2.24) is 15.2 Å². The van der Waals surface area contributed by atoms with Crippen LogP contribution in [0.3, 0.4) is 0 Å². The number of hydrogen-bond donors (Lipinski definition) is 2. The number of carbonyl (C=O) groups is 2. The Morgan fingerprint density at radius 2 is 1.76 bits per heavy atom. The van der Waals surface area contributed by atoms with Crippen molar-refractivity contribution in [2.45, 2.75) is 13.8 Å². The second-order valence-corrected chi connectivity index (χ2v) is 6.21. The van der Waals surface area contributed by atoms with Gasteiger partial charge in [-0.15, -0.1) is 0 Å². The predicted octanol–water partition coefficient (Wildman–Crippen LogP) is 2.24. The van der Waals surface area contributed by atoms with E-state index in [2.05, 4.69) is 15.6 Å². The van der Waals surface area contributed by atoms with Gasteiger partial charge in [-0.1, -0.05) is 18.2 Å². The standard InChI is InChI=1S/C19H24N4O2/c1-13-6-5-7-14(2)17(13)22-19(25)16-12-15(8-9-20-16)18(24)21-10-11-23(3)4/h5-9,12H,10-11H2,1-4H3,(H,21,24)(H,22,25). The molecule has 0 aliphatic rings. The van der Waals surface area contributed by atoms with Gasteiger partial charge in [0.1, 0.15) is 5.69 Å². The third-order valence-electron chi connectivity index (χ3n) is 3.82. The van der Waals surface area contributed by atoms with Gasteiger partial charge in [0.25, 0.3) is 11.8 Å². The van der Waals surface area contributed by atoms with Crippen LogP contribution in [0.1, 0.15) is 32.0 Å². The van der Waals surface area contributed by atoms with Crippen LogP contribution in [0.4, 0.5) is 5.69 Å². The lowest BCUT2D eigenvalue weighted by molar-refractivity contribution is 0.0951. The molecule has 132 valence electrons. The molecule has 2 amide bonds. The molecule has 0 spiro atoms. The summed E-state index contributed by atoms with van der Waals surface area (Å²) >= 11 is 0. The highest BCUT2D eigenvalue weighted by Gasteiger charge is 2.13. The van der Waals surface area contributed by atoms with Crippen molar-refractivity contribution >= 4 is 17.5 Å². The summed E-state index contributed by atoms with van der Waals surface area (Å²) in [5, 5.41) is 5.70. The van der Waals surface area contributed by atoms with Gasteiger partial charge in [-0.05, 0) is 51.2 Å². The third-order valence-corrected chi connectivity index (χ3v) is 3.82. The van der Waals surface area contributed by atoms with Gasteiger partial charge in [0.15, 0.2) is 0 Å². The summed E-state index contributed by atoms with van der Waals surface area (Å²) in [6.07, 6.45) is 1.47. The molecule has 0 aliphatic carbocycles. The van der Waals surface area contributed by atoms with Crippen molar-refractivity contribution in [3.63, 3.8) is 0 Å². The molecule has 1 aromatic carbocycles. The number of rotatable bonds is 6. The fourth-order valence-corrected chi connectivity index (χ4v) is 2.38. The van der Waals surface area contributed by atoms with Gasteiger partial charge in [-0.3, -0.25) is 14.6 Å². The zero-order valence-electron chi connectivity index (χ0n) is 15.1. The molecule has 6 heteroatoms. The monoisotopic (exact) mass is 340 g/mol. The van der Waals surface area contributed by atoms with E-state index in [1.54, 1.807) is 6.07 Å². The Bertz CT molecular complexity index is 752. The first-order chi connectivity index (χ1) is 11.9. The number of carbonyl (C=O) groups excluding carboxylic acids is 2. The summed E-state index contributed by atoms with van der Waals surface area (Å²) in [5.74, 6) is -0.550. The molecule has 0 saturated heterocycles. The van der Waals surface area contributed by atoms with Crippen LogP contribution in [0, 0.1) is 13.8 Å². The minimum atomic E-state index is -0.333. The van der Waals surface area contributed by atoms with Crippen LogP contribution in [0.5, 0.6) is 0 Å². The number of aromatic nitrogens is 1. The lowest BCUT2D eigenvalue weighted by Gasteiger charge is -2.12. The number of aryl methyl sites for hydroxylation is 2. The number of pyridine rings is 1. The second-order valence-electron chi connectivity index (χ2n) is 6.21. The minimum absolute atomic E-state index is 0.211. The summed E-state index contributed by atoms with van der Waals surface area (Å²) < 4.78 is 0. The highest BCUT2D eigenvalue weighted by Crippen LogP contribution is 2.20. The molecule has 0 radical (unpaired) electrons. The van der Waals surface area contributed by atoms with E-state index in [1.165, 1.54) is 12.3 Å². The maximum absolute atomic E-state index is 12.5. The number of amides is 2. The van der Waals surface area contributed by atoms with Gasteiger partial charge in [0.05, 0.1) is 0 Å². The average molecular weight is 340 g/mol. The highest BCUT2D eigenvalue weighted by atomic mass is 16.2. The van der Waals surface area contributed by atoms with Crippen LogP contribution < -0.4 is 10.6 Å². The van der Waals surface area contributed by atoms with E-state index in [1.807, 2.05) is 51.0 Å². The molecule has 1 aromatic heterocycles. The normalized spacial score (nSPS) is 10.6. The van der Waals surface area contributed by atoms with Crippen molar-refractivity contribution in [1.29, 1.82) is 0 Å². The maximum Gasteiger partial charge on any atom is 0.274 e. The van der Waals surface area contributed by atoms with E-state index < -0.39 is 0 Å². The highest BCUT2D eigenvalue weighted by molar-refractivity contribution is 6.05. The molecular formula is C19H24N4O2. The van der Waals surface area contributed by atoms with Crippen LogP contribution >= 0.6 is 0 Å². The molecule has 2 N–H and O–H groups in total. The Morgan fingerprint density at radius 3 is 2.40 bits per heavy atom. The van der Waals surface area contributed by atoms with E-state index in [0.29, 0.717) is 12.1 Å². The van der Waals surface area contributed by atoms with E-state index in [-0.39, 0.29) is 17.5 Å². The van der Waals surface area contributed by atoms with Crippen molar-refractivity contribution < 1.29 is 9.59 Å². The third kappa shape index (κ3) is 5.12. The number of nitrogens with zero attached hydrogens (tertiary/aromatic N) is 2. The summed E-state index contributed by atoms with van der Waals surface area (Å²) in [6.45, 7) is 5.16. The van der Waals surface area contributed by atoms with Crippen LogP contribution in [0.25, 0.3) is 0 Å². The Morgan fingerprint density at radius 1 is 1.08 bits per heavy atom. The molecule has 1 heterocycles. The summed E-state index contributed by atoms with van der Waals surface area (Å²) in [5.41, 5.74) is 3.36. The van der Waals surface area contributed by atoms with Gasteiger partial charge in [0.2, 0.25) is 0 Å². The first-order valence-corrected chi connectivity index (χ1v) is 8.15. The first-order valence-electron chi connectivity index (χ1n) is 8.15. The zero-order valence-corrected chi connectivity index (χ0v) is 15.1. The minimum Gasteiger partial charge on any atom is -0.351 e. The number of para-hydroxylation sites is 1. The van der Waals surface area contributed by atoms with Gasteiger partial charge >= 0.3 is 0 Å². The molecule has 0 fully saturated rings. The van der Waals surface area contributed by atoms with E-state index in [0.717, 1.165) is 23.4 Å². The van der Waals surface area contributed by atoms with Crippen molar-refractivity contribution in [3.8, 4) is 0 Å². The maximum atomic E-state index is 12.5. The average Bonchev–Trinajstić information content (AvgIpc) is 2.58. The number of hydrogen-bond acceptors (Lipinski definition) is 4. The predicted molar refractivity (Wildman–Crippen MR) is 99.0 cm³/mol. The molecule has 0 saturated carbocycles. The largest absolute Gasteiger partial charge is 0.351 e. The zero-order chi connectivity index (χ0) is 18.4. The molecule has 0 bridgehead atoms. The van der Waals surface area contributed by atoms with E-state index in [9.17, 15) is 9.59 Å². The number of anilines is 1. The Hall–Kier alpha value is -2.73. The second kappa shape index (κ2) is 8.39. The van der Waals surface area contributed by atoms with Gasteiger partial charge < -0.3 is 15.5 Å². The van der Waals surface area contributed by atoms with Crippen molar-refractivity contribution in [2.75, 3.05) is 32.5 Å². The summed E-state index contributed by atoms with van der Waals surface area (Å²) in [4.78, 5) is 30.7. The lowest BCUT2D eigenvalue weighted by Crippen LogP contribution is -2.31. The molecule has 6 nitrogen and oxygen atoms in total. The molecular weight excluding hydrogens is 316 g/mol. The van der Waals surface area contributed by atoms with Crippen molar-refractivity contribution in [3.05, 3.63) is 58.9 Å². The van der Waals surface area contributed by atoms with Crippen LogP contribution in [0.15, 0.2) is 36.5 Å². The number of benzene rings is 1. The number of nitrogens with one attached hydrogen (secondary N) is 2. The fourth-order valence-electron chi connectivity index (χ4n) is 2.38. The van der Waals surface area contributed by atoms with Gasteiger partial charge in [-0.25, -0.2) is 0 Å². The van der Waals surface area contributed by atoms with Gasteiger partial charge in [-0.2, -0.15) is 0 Å². The summed E-state index contributed by atoms with van der Waals surface area (Å²) in [6, 6.07) is 8.92. The van der Waals surface area contributed by atoms with Gasteiger partial charge in [0, 0.05) is 30.5 Å². The van der Waals surface area contributed by atoms with E-state index >= 15 is 0 Å². The molecule has 25 heavy (non-hydrogen) atoms.